The summed E-state index contributed by atoms with van der Waals surface area (Å²) in [6.45, 7) is 0.748. The zero-order chi connectivity index (χ0) is 13.8. The van der Waals surface area contributed by atoms with Crippen LogP contribution in [0, 0.1) is 0 Å². The van der Waals surface area contributed by atoms with Crippen LogP contribution in [0.25, 0.3) is 11.1 Å². The Labute approximate surface area is 118 Å². The van der Waals surface area contributed by atoms with Crippen LogP contribution in [-0.4, -0.2) is 16.9 Å². The highest BCUT2D eigenvalue weighted by Crippen LogP contribution is 2.19. The van der Waals surface area contributed by atoms with Crippen molar-refractivity contribution in [1.29, 1.82) is 0 Å². The van der Waals surface area contributed by atoms with E-state index in [2.05, 4.69) is 53.6 Å². The molecule has 3 heteroatoms. The van der Waals surface area contributed by atoms with E-state index in [0.29, 0.717) is 0 Å². The fourth-order valence-electron chi connectivity index (χ4n) is 2.16. The van der Waals surface area contributed by atoms with Crippen molar-refractivity contribution in [3.8, 4) is 16.9 Å². The minimum atomic E-state index is 0.748. The van der Waals surface area contributed by atoms with Crippen molar-refractivity contribution in [2.75, 3.05) is 7.11 Å². The van der Waals surface area contributed by atoms with E-state index in [1.807, 2.05) is 16.9 Å². The number of nitrogens with zero attached hydrogens (tertiary/aromatic N) is 2. The number of hydrogen-bond donors (Lipinski definition) is 0. The van der Waals surface area contributed by atoms with Gasteiger partial charge in [-0.1, -0.05) is 54.6 Å². The molecule has 1 heterocycles. The van der Waals surface area contributed by atoms with E-state index in [9.17, 15) is 0 Å². The van der Waals surface area contributed by atoms with Gasteiger partial charge in [0.1, 0.15) is 0 Å². The van der Waals surface area contributed by atoms with Crippen LogP contribution in [0.2, 0.25) is 0 Å². The number of hydrogen-bond acceptors (Lipinski definition) is 2. The lowest BCUT2D eigenvalue weighted by Crippen LogP contribution is -1.99. The summed E-state index contributed by atoms with van der Waals surface area (Å²) in [4.78, 5) is 0. The third-order valence-corrected chi connectivity index (χ3v) is 3.25. The Morgan fingerprint density at radius 2 is 1.65 bits per heavy atom. The molecule has 2 aromatic carbocycles. The van der Waals surface area contributed by atoms with Gasteiger partial charge in [0, 0.05) is 0 Å². The normalized spacial score (nSPS) is 10.4. The molecule has 0 amide bonds. The van der Waals surface area contributed by atoms with Gasteiger partial charge in [-0.2, -0.15) is 5.10 Å². The highest BCUT2D eigenvalue weighted by molar-refractivity contribution is 5.63. The van der Waals surface area contributed by atoms with Crippen molar-refractivity contribution in [1.82, 2.24) is 9.78 Å². The number of ether oxygens (including phenoxy) is 1. The summed E-state index contributed by atoms with van der Waals surface area (Å²) in [6, 6.07) is 18.9. The highest BCUT2D eigenvalue weighted by atomic mass is 16.5. The van der Waals surface area contributed by atoms with Crippen LogP contribution >= 0.6 is 0 Å². The minimum absolute atomic E-state index is 0.748. The molecule has 0 atom stereocenters. The second kappa shape index (κ2) is 5.61. The van der Waals surface area contributed by atoms with Gasteiger partial charge in [-0.05, 0) is 16.7 Å². The lowest BCUT2D eigenvalue weighted by molar-refractivity contribution is 0.414. The zero-order valence-corrected chi connectivity index (χ0v) is 11.4. The van der Waals surface area contributed by atoms with Gasteiger partial charge in [0.25, 0.3) is 0 Å². The van der Waals surface area contributed by atoms with Crippen LogP contribution in [0.5, 0.6) is 5.75 Å². The summed E-state index contributed by atoms with van der Waals surface area (Å²) in [6.07, 6.45) is 3.61. The Bertz CT molecular complexity index is 672. The zero-order valence-electron chi connectivity index (χ0n) is 11.4. The van der Waals surface area contributed by atoms with Gasteiger partial charge in [0.2, 0.25) is 0 Å². The quantitative estimate of drug-likeness (QED) is 0.720. The van der Waals surface area contributed by atoms with Crippen LogP contribution in [0.15, 0.2) is 67.0 Å². The number of benzene rings is 2. The van der Waals surface area contributed by atoms with E-state index in [1.165, 1.54) is 16.7 Å². The molecule has 0 saturated heterocycles. The largest absolute Gasteiger partial charge is 0.493 e. The van der Waals surface area contributed by atoms with Crippen LogP contribution < -0.4 is 4.74 Å². The Balaban J connectivity index is 1.76. The van der Waals surface area contributed by atoms with Gasteiger partial charge < -0.3 is 4.74 Å². The van der Waals surface area contributed by atoms with Crippen LogP contribution in [0.4, 0.5) is 0 Å². The Morgan fingerprint density at radius 1 is 0.950 bits per heavy atom. The van der Waals surface area contributed by atoms with Crippen molar-refractivity contribution in [3.63, 3.8) is 0 Å². The average molecular weight is 264 g/mol. The second-order valence-electron chi connectivity index (χ2n) is 4.64. The van der Waals surface area contributed by atoms with Crippen LogP contribution in [0.3, 0.4) is 0 Å². The van der Waals surface area contributed by atoms with Gasteiger partial charge in [0.15, 0.2) is 5.75 Å². The van der Waals surface area contributed by atoms with E-state index < -0.39 is 0 Å². The number of rotatable bonds is 4. The first kappa shape index (κ1) is 12.5. The Hall–Kier alpha value is -2.55. The average Bonchev–Trinajstić information content (AvgIpc) is 2.97. The summed E-state index contributed by atoms with van der Waals surface area (Å²) in [5, 5.41) is 4.25. The van der Waals surface area contributed by atoms with Crippen molar-refractivity contribution >= 4 is 0 Å². The van der Waals surface area contributed by atoms with E-state index >= 15 is 0 Å². The first-order valence-electron chi connectivity index (χ1n) is 6.56. The standard InChI is InChI=1S/C17H16N2O/c1-20-17-11-18-19(13-17)12-14-7-9-16(10-8-14)15-5-3-2-4-6-15/h2-11,13H,12H2,1H3. The maximum atomic E-state index is 5.13. The topological polar surface area (TPSA) is 27.1 Å². The number of methoxy groups -OCH3 is 1. The molecule has 0 aliphatic heterocycles. The second-order valence-corrected chi connectivity index (χ2v) is 4.64. The highest BCUT2D eigenvalue weighted by Gasteiger charge is 2.01. The van der Waals surface area contributed by atoms with Gasteiger partial charge in [-0.25, -0.2) is 0 Å². The van der Waals surface area contributed by atoms with Crippen LogP contribution in [-0.2, 0) is 6.54 Å². The first-order chi connectivity index (χ1) is 9.85. The molecular weight excluding hydrogens is 248 g/mol. The monoisotopic (exact) mass is 264 g/mol. The predicted molar refractivity (Wildman–Crippen MR) is 79.8 cm³/mol. The fourth-order valence-corrected chi connectivity index (χ4v) is 2.16. The van der Waals surface area contributed by atoms with Crippen molar-refractivity contribution in [2.45, 2.75) is 6.54 Å². The summed E-state index contributed by atoms with van der Waals surface area (Å²) in [5.41, 5.74) is 3.68. The van der Waals surface area contributed by atoms with E-state index in [0.717, 1.165) is 12.3 Å². The molecule has 3 aromatic rings. The fraction of sp³-hybridized carbons (Fsp3) is 0.118. The lowest BCUT2D eigenvalue weighted by Gasteiger charge is -2.05. The summed E-state index contributed by atoms with van der Waals surface area (Å²) in [7, 11) is 1.65. The van der Waals surface area contributed by atoms with Gasteiger partial charge in [-0.15, -0.1) is 0 Å². The molecule has 0 aliphatic rings. The van der Waals surface area contributed by atoms with E-state index in [1.54, 1.807) is 13.3 Å². The van der Waals surface area contributed by atoms with Gasteiger partial charge in [-0.3, -0.25) is 4.68 Å². The molecule has 0 fully saturated rings. The van der Waals surface area contributed by atoms with Crippen molar-refractivity contribution in [3.05, 3.63) is 72.6 Å². The molecule has 3 nitrogen and oxygen atoms in total. The summed E-state index contributed by atoms with van der Waals surface area (Å²) < 4.78 is 7.00. The van der Waals surface area contributed by atoms with Gasteiger partial charge in [0.05, 0.1) is 26.0 Å². The van der Waals surface area contributed by atoms with E-state index in [4.69, 9.17) is 4.74 Å². The molecule has 0 spiro atoms. The molecule has 20 heavy (non-hydrogen) atoms. The molecule has 3 rings (SSSR count). The maximum Gasteiger partial charge on any atom is 0.156 e. The summed E-state index contributed by atoms with van der Waals surface area (Å²) in [5.74, 6) is 0.783. The molecule has 0 aliphatic carbocycles. The lowest BCUT2D eigenvalue weighted by atomic mass is 10.0. The van der Waals surface area contributed by atoms with E-state index in [-0.39, 0.29) is 0 Å². The predicted octanol–water partition coefficient (Wildman–Crippen LogP) is 3.61. The molecular formula is C17H16N2O. The maximum absolute atomic E-state index is 5.13. The molecule has 0 unspecified atom stereocenters. The molecule has 0 bridgehead atoms. The van der Waals surface area contributed by atoms with Crippen molar-refractivity contribution in [2.24, 2.45) is 0 Å². The molecule has 100 valence electrons. The Morgan fingerprint density at radius 3 is 2.30 bits per heavy atom. The number of aromatic nitrogens is 2. The third-order valence-electron chi connectivity index (χ3n) is 3.25. The molecule has 1 aromatic heterocycles. The van der Waals surface area contributed by atoms with Gasteiger partial charge >= 0.3 is 0 Å². The van der Waals surface area contributed by atoms with Crippen LogP contribution in [0.1, 0.15) is 5.56 Å². The molecule has 0 saturated carbocycles. The minimum Gasteiger partial charge on any atom is -0.493 e. The Kier molecular flexibility index (Phi) is 3.50. The SMILES string of the molecule is COc1cnn(Cc2ccc(-c3ccccc3)cc2)c1. The summed E-state index contributed by atoms with van der Waals surface area (Å²) >= 11 is 0. The molecule has 0 N–H and O–H groups in total. The first-order valence-corrected chi connectivity index (χ1v) is 6.56. The molecule has 0 radical (unpaired) electrons. The smallest absolute Gasteiger partial charge is 0.156 e. The van der Waals surface area contributed by atoms with Crippen molar-refractivity contribution < 1.29 is 4.74 Å². The third kappa shape index (κ3) is 2.72.